The molecule has 0 fully saturated rings. The summed E-state index contributed by atoms with van der Waals surface area (Å²) in [5.74, 6) is -0.918. The van der Waals surface area contributed by atoms with E-state index in [0.29, 0.717) is 19.3 Å². The number of esters is 3. The van der Waals surface area contributed by atoms with Crippen LogP contribution in [-0.4, -0.2) is 37.2 Å². The molecule has 0 radical (unpaired) electrons. The second-order valence-corrected chi connectivity index (χ2v) is 19.8. The Labute approximate surface area is 456 Å². The third-order valence-electron chi connectivity index (χ3n) is 12.7. The predicted molar refractivity (Wildman–Crippen MR) is 320 cm³/mol. The van der Waals surface area contributed by atoms with Crippen LogP contribution in [0.2, 0.25) is 0 Å². The van der Waals surface area contributed by atoms with Crippen LogP contribution >= 0.6 is 0 Å². The number of carbonyl (C=O) groups excluding carboxylic acids is 3. The summed E-state index contributed by atoms with van der Waals surface area (Å²) in [7, 11) is 0. The van der Waals surface area contributed by atoms with Gasteiger partial charge in [0.15, 0.2) is 6.10 Å². The maximum Gasteiger partial charge on any atom is 0.306 e. The van der Waals surface area contributed by atoms with E-state index >= 15 is 0 Å². The Kier molecular flexibility index (Phi) is 57.9. The maximum absolute atomic E-state index is 12.9. The molecule has 0 saturated heterocycles. The Morgan fingerprint density at radius 1 is 0.284 bits per heavy atom. The number of hydrogen-bond acceptors (Lipinski definition) is 6. The minimum atomic E-state index is -0.795. The number of allylic oxidation sites excluding steroid dienone is 20. The van der Waals surface area contributed by atoms with E-state index in [0.717, 1.165) is 135 Å². The van der Waals surface area contributed by atoms with Crippen LogP contribution < -0.4 is 0 Å². The summed E-state index contributed by atoms with van der Waals surface area (Å²) in [5, 5.41) is 0. The zero-order chi connectivity index (χ0) is 53.6. The molecule has 0 N–H and O–H groups in total. The minimum absolute atomic E-state index is 0.0915. The van der Waals surface area contributed by atoms with Crippen LogP contribution in [0.4, 0.5) is 0 Å². The molecule has 0 aliphatic rings. The lowest BCUT2D eigenvalue weighted by atomic mass is 10.1. The van der Waals surface area contributed by atoms with Gasteiger partial charge >= 0.3 is 17.9 Å². The van der Waals surface area contributed by atoms with Gasteiger partial charge < -0.3 is 14.2 Å². The highest BCUT2D eigenvalue weighted by molar-refractivity contribution is 5.71. The molecule has 0 aromatic carbocycles. The summed E-state index contributed by atoms with van der Waals surface area (Å²) >= 11 is 0. The molecule has 0 spiro atoms. The molecule has 0 rings (SSSR count). The molecule has 0 heterocycles. The summed E-state index contributed by atoms with van der Waals surface area (Å²) < 4.78 is 16.9. The number of ether oxygens (including phenoxy) is 3. The summed E-state index contributed by atoms with van der Waals surface area (Å²) in [6, 6.07) is 0. The average molecular weight is 1030 g/mol. The van der Waals surface area contributed by atoms with E-state index < -0.39 is 6.10 Å². The number of hydrogen-bond donors (Lipinski definition) is 0. The molecule has 6 nitrogen and oxygen atoms in total. The van der Waals surface area contributed by atoms with Crippen molar-refractivity contribution in [2.75, 3.05) is 13.2 Å². The second kappa shape index (κ2) is 61.4. The van der Waals surface area contributed by atoms with Gasteiger partial charge in [0, 0.05) is 19.3 Å². The van der Waals surface area contributed by atoms with Gasteiger partial charge in [0.25, 0.3) is 0 Å². The fourth-order valence-corrected chi connectivity index (χ4v) is 8.16. The first-order chi connectivity index (χ1) is 36.5. The Balaban J connectivity index is 4.39. The Morgan fingerprint density at radius 2 is 0.527 bits per heavy atom. The van der Waals surface area contributed by atoms with E-state index in [1.165, 1.54) is 96.3 Å². The quantitative estimate of drug-likeness (QED) is 0.0261. The monoisotopic (exact) mass is 1020 g/mol. The lowest BCUT2D eigenvalue weighted by molar-refractivity contribution is -0.167. The first-order valence-corrected chi connectivity index (χ1v) is 30.5. The lowest BCUT2D eigenvalue weighted by Gasteiger charge is -2.18. The van der Waals surface area contributed by atoms with E-state index in [9.17, 15) is 14.4 Å². The minimum Gasteiger partial charge on any atom is -0.462 e. The van der Waals surface area contributed by atoms with Crippen LogP contribution in [0.5, 0.6) is 0 Å². The molecule has 420 valence electrons. The van der Waals surface area contributed by atoms with E-state index in [4.69, 9.17) is 14.2 Å². The van der Waals surface area contributed by atoms with Gasteiger partial charge in [0.1, 0.15) is 13.2 Å². The fraction of sp³-hybridized carbons (Fsp3) is 0.662. The standard InChI is InChI=1S/C68H112O6/c1-4-7-10-13-16-19-22-25-27-29-31-33-34-36-37-39-41-43-46-49-52-55-58-61-67(70)73-64-65(63-72-66(69)60-57-54-51-48-45-24-21-18-15-12-9-6-3)74-68(71)62-59-56-53-50-47-44-42-40-38-35-32-30-28-26-23-20-17-14-11-8-5-2/h7-8,10-11,16-21,25-28,31-33,35-37,65H,4-6,9,12-15,22-24,29-30,34,38-64H2,1-3H3/b10-7-,11-8-,19-16-,20-17-,21-18-,27-25-,28-26-,33-31-,35-32-,37-36-. The highest BCUT2D eigenvalue weighted by atomic mass is 16.6. The molecule has 0 aromatic rings. The van der Waals surface area contributed by atoms with Gasteiger partial charge in [0.2, 0.25) is 0 Å². The van der Waals surface area contributed by atoms with Gasteiger partial charge in [-0.05, 0) is 128 Å². The highest BCUT2D eigenvalue weighted by Gasteiger charge is 2.19. The van der Waals surface area contributed by atoms with Crippen molar-refractivity contribution in [2.45, 2.75) is 277 Å². The van der Waals surface area contributed by atoms with Crippen molar-refractivity contribution in [3.63, 3.8) is 0 Å². The molecule has 0 aliphatic heterocycles. The largest absolute Gasteiger partial charge is 0.462 e. The number of carbonyl (C=O) groups is 3. The molecule has 1 unspecified atom stereocenters. The van der Waals surface area contributed by atoms with E-state index in [2.05, 4.69) is 142 Å². The van der Waals surface area contributed by atoms with Crippen molar-refractivity contribution in [3.8, 4) is 0 Å². The topological polar surface area (TPSA) is 78.9 Å². The molecule has 0 aromatic heterocycles. The first-order valence-electron chi connectivity index (χ1n) is 30.5. The zero-order valence-corrected chi connectivity index (χ0v) is 48.1. The molecule has 0 bridgehead atoms. The van der Waals surface area contributed by atoms with Crippen molar-refractivity contribution < 1.29 is 28.6 Å². The van der Waals surface area contributed by atoms with Gasteiger partial charge in [-0.3, -0.25) is 14.4 Å². The van der Waals surface area contributed by atoms with Gasteiger partial charge in [-0.2, -0.15) is 0 Å². The third kappa shape index (κ3) is 58.7. The molecule has 1 atom stereocenters. The van der Waals surface area contributed by atoms with E-state index in [1.807, 2.05) is 0 Å². The van der Waals surface area contributed by atoms with Crippen molar-refractivity contribution in [1.82, 2.24) is 0 Å². The van der Waals surface area contributed by atoms with Gasteiger partial charge in [0.05, 0.1) is 0 Å². The van der Waals surface area contributed by atoms with Gasteiger partial charge in [-0.25, -0.2) is 0 Å². The molecule has 6 heteroatoms. The summed E-state index contributed by atoms with van der Waals surface area (Å²) in [6.45, 7) is 6.37. The van der Waals surface area contributed by atoms with Crippen LogP contribution in [0.25, 0.3) is 0 Å². The molecule has 74 heavy (non-hydrogen) atoms. The van der Waals surface area contributed by atoms with Crippen LogP contribution in [0.1, 0.15) is 271 Å². The number of unbranched alkanes of at least 4 members (excludes halogenated alkanes) is 23. The van der Waals surface area contributed by atoms with Crippen LogP contribution in [0.15, 0.2) is 122 Å². The molecular weight excluding hydrogens is 913 g/mol. The number of rotatable bonds is 54. The molecular formula is C68H112O6. The Bertz CT molecular complexity index is 1550. The third-order valence-corrected chi connectivity index (χ3v) is 12.7. The second-order valence-electron chi connectivity index (χ2n) is 19.8. The molecule has 0 saturated carbocycles. The SMILES string of the molecule is CC/C=C\C/C=C\C/C=C\C/C=C\C/C=C\CCCCCCCCCC(=O)OCC(COC(=O)CCCCCCC/C=C\CCCCC)OC(=O)CCCCCCCCCC/C=C\C/C=C\C/C=C\C/C=C\CC. The van der Waals surface area contributed by atoms with Crippen LogP contribution in [0.3, 0.4) is 0 Å². The van der Waals surface area contributed by atoms with Crippen molar-refractivity contribution in [2.24, 2.45) is 0 Å². The zero-order valence-electron chi connectivity index (χ0n) is 48.1. The summed E-state index contributed by atoms with van der Waals surface area (Å²) in [6.07, 6.45) is 84.8. The Morgan fingerprint density at radius 3 is 0.838 bits per heavy atom. The van der Waals surface area contributed by atoms with Crippen LogP contribution in [0, 0.1) is 0 Å². The first kappa shape index (κ1) is 69.8. The van der Waals surface area contributed by atoms with E-state index in [-0.39, 0.29) is 31.1 Å². The fourth-order valence-electron chi connectivity index (χ4n) is 8.16. The predicted octanol–water partition coefficient (Wildman–Crippen LogP) is 20.8. The lowest BCUT2D eigenvalue weighted by Crippen LogP contribution is -2.30. The molecule has 0 amide bonds. The Hall–Kier alpha value is -4.19. The van der Waals surface area contributed by atoms with Crippen molar-refractivity contribution >= 4 is 17.9 Å². The van der Waals surface area contributed by atoms with Crippen molar-refractivity contribution in [1.29, 1.82) is 0 Å². The highest BCUT2D eigenvalue weighted by Crippen LogP contribution is 2.15. The maximum atomic E-state index is 12.9. The summed E-state index contributed by atoms with van der Waals surface area (Å²) in [5.41, 5.74) is 0. The summed E-state index contributed by atoms with van der Waals surface area (Å²) in [4.78, 5) is 38.2. The van der Waals surface area contributed by atoms with E-state index in [1.54, 1.807) is 0 Å². The molecule has 0 aliphatic carbocycles. The average Bonchev–Trinajstić information content (AvgIpc) is 3.40. The normalized spacial score (nSPS) is 13.0. The van der Waals surface area contributed by atoms with Gasteiger partial charge in [-0.1, -0.05) is 245 Å². The van der Waals surface area contributed by atoms with Gasteiger partial charge in [-0.15, -0.1) is 0 Å². The van der Waals surface area contributed by atoms with Crippen LogP contribution in [-0.2, 0) is 28.6 Å². The smallest absolute Gasteiger partial charge is 0.306 e. The van der Waals surface area contributed by atoms with Crippen molar-refractivity contribution in [3.05, 3.63) is 122 Å².